The summed E-state index contributed by atoms with van der Waals surface area (Å²) in [4.78, 5) is 25.1. The fourth-order valence-corrected chi connectivity index (χ4v) is 5.35. The summed E-state index contributed by atoms with van der Waals surface area (Å²) in [6.07, 6.45) is -2.29. The number of carbonyl (C=O) groups is 2. The summed E-state index contributed by atoms with van der Waals surface area (Å²) in [5, 5.41) is 12.6. The number of carbonyl (C=O) groups excluding carboxylic acids is 1. The molecule has 2 fully saturated rings. The minimum Gasteiger partial charge on any atom is -0.478 e. The second-order valence-electron chi connectivity index (χ2n) is 10.0. The highest BCUT2D eigenvalue weighted by Crippen LogP contribution is 2.52. The van der Waals surface area contributed by atoms with Crippen LogP contribution in [0.25, 0.3) is 0 Å². The van der Waals surface area contributed by atoms with E-state index >= 15 is 0 Å². The summed E-state index contributed by atoms with van der Waals surface area (Å²) in [6.45, 7) is 0. The molecular formula is C29H25F2NO6. The van der Waals surface area contributed by atoms with Crippen LogP contribution in [0.3, 0.4) is 0 Å². The predicted octanol–water partition coefficient (Wildman–Crippen LogP) is 5.52. The molecule has 0 unspecified atom stereocenters. The molecular weight excluding hydrogens is 496 g/mol. The van der Waals surface area contributed by atoms with Crippen molar-refractivity contribution in [3.05, 3.63) is 95.1 Å². The number of alkyl halides is 2. The van der Waals surface area contributed by atoms with Gasteiger partial charge in [0.05, 0.1) is 23.2 Å². The molecule has 2 heterocycles. The summed E-state index contributed by atoms with van der Waals surface area (Å²) in [6, 6.07) is 20.6. The Morgan fingerprint density at radius 1 is 0.842 bits per heavy atom. The van der Waals surface area contributed by atoms with E-state index in [0.717, 1.165) is 11.1 Å². The SMILES string of the molecule is O=C(O)c1cccc([C@@H]2C[C@H](NC(=O)C3(c4ccc5c(c4)OC(F)(F)O5)CC3)C[C@H](c3ccccc3)O2)c1. The number of rotatable bonds is 6. The number of halogens is 2. The molecule has 1 saturated carbocycles. The Bertz CT molecular complexity index is 1390. The van der Waals surface area contributed by atoms with Gasteiger partial charge >= 0.3 is 12.3 Å². The number of carboxylic acids is 1. The molecule has 7 nitrogen and oxygen atoms in total. The molecule has 1 saturated heterocycles. The zero-order valence-electron chi connectivity index (χ0n) is 20.2. The number of hydrogen-bond donors (Lipinski definition) is 2. The normalized spacial score (nSPS) is 24.4. The first-order chi connectivity index (χ1) is 18.2. The molecule has 0 aromatic heterocycles. The van der Waals surface area contributed by atoms with Crippen LogP contribution in [0.1, 0.15) is 64.9 Å². The van der Waals surface area contributed by atoms with Gasteiger partial charge in [-0.3, -0.25) is 4.79 Å². The van der Waals surface area contributed by atoms with Crippen LogP contribution in [0, 0.1) is 0 Å². The second-order valence-corrected chi connectivity index (χ2v) is 10.0. The molecule has 3 aromatic rings. The summed E-state index contributed by atoms with van der Waals surface area (Å²) >= 11 is 0. The van der Waals surface area contributed by atoms with E-state index in [1.54, 1.807) is 18.2 Å². The van der Waals surface area contributed by atoms with Crippen molar-refractivity contribution < 1.29 is 37.7 Å². The van der Waals surface area contributed by atoms with E-state index in [2.05, 4.69) is 14.8 Å². The lowest BCUT2D eigenvalue weighted by Crippen LogP contribution is -2.45. The average Bonchev–Trinajstić information content (AvgIpc) is 3.66. The molecule has 2 aliphatic heterocycles. The zero-order valence-corrected chi connectivity index (χ0v) is 20.2. The Kier molecular flexibility index (Phi) is 5.83. The van der Waals surface area contributed by atoms with Crippen LogP contribution in [0.4, 0.5) is 8.78 Å². The van der Waals surface area contributed by atoms with Gasteiger partial charge in [-0.05, 0) is 66.6 Å². The van der Waals surface area contributed by atoms with Gasteiger partial charge in [0.15, 0.2) is 11.5 Å². The van der Waals surface area contributed by atoms with E-state index in [4.69, 9.17) is 4.74 Å². The Hall–Kier alpha value is -3.98. The van der Waals surface area contributed by atoms with Gasteiger partial charge in [-0.25, -0.2) is 4.79 Å². The van der Waals surface area contributed by atoms with Gasteiger partial charge in [0.2, 0.25) is 5.91 Å². The third kappa shape index (κ3) is 4.58. The van der Waals surface area contributed by atoms with Crippen molar-refractivity contribution in [1.82, 2.24) is 5.32 Å². The van der Waals surface area contributed by atoms with Gasteiger partial charge < -0.3 is 24.6 Å². The number of benzene rings is 3. The number of fused-ring (bicyclic) bond motifs is 1. The van der Waals surface area contributed by atoms with Crippen molar-refractivity contribution in [2.24, 2.45) is 0 Å². The Morgan fingerprint density at radius 2 is 1.53 bits per heavy atom. The van der Waals surface area contributed by atoms with E-state index in [1.165, 1.54) is 18.2 Å². The third-order valence-corrected chi connectivity index (χ3v) is 7.48. The first-order valence-corrected chi connectivity index (χ1v) is 12.5. The molecule has 3 aliphatic rings. The highest BCUT2D eigenvalue weighted by molar-refractivity contribution is 5.91. The lowest BCUT2D eigenvalue weighted by Gasteiger charge is -2.37. The van der Waals surface area contributed by atoms with Gasteiger partial charge in [0.1, 0.15) is 0 Å². The van der Waals surface area contributed by atoms with E-state index in [9.17, 15) is 23.5 Å². The topological polar surface area (TPSA) is 94.1 Å². The van der Waals surface area contributed by atoms with Crippen molar-refractivity contribution in [2.45, 2.75) is 55.6 Å². The van der Waals surface area contributed by atoms with Gasteiger partial charge in [-0.1, -0.05) is 48.5 Å². The van der Waals surface area contributed by atoms with Gasteiger partial charge in [0, 0.05) is 6.04 Å². The van der Waals surface area contributed by atoms with Crippen molar-refractivity contribution >= 4 is 11.9 Å². The average molecular weight is 522 g/mol. The van der Waals surface area contributed by atoms with Crippen LogP contribution in [0.15, 0.2) is 72.8 Å². The van der Waals surface area contributed by atoms with E-state index in [-0.39, 0.29) is 35.1 Å². The molecule has 0 spiro atoms. The fourth-order valence-electron chi connectivity index (χ4n) is 5.35. The number of carboxylic acid groups (broad SMARTS) is 1. The van der Waals surface area contributed by atoms with Gasteiger partial charge in [-0.15, -0.1) is 8.78 Å². The molecule has 1 aliphatic carbocycles. The van der Waals surface area contributed by atoms with E-state index in [1.807, 2.05) is 36.4 Å². The minimum atomic E-state index is -3.72. The summed E-state index contributed by atoms with van der Waals surface area (Å²) in [5.74, 6) is -1.35. The first-order valence-electron chi connectivity index (χ1n) is 12.5. The number of ether oxygens (including phenoxy) is 3. The summed E-state index contributed by atoms with van der Waals surface area (Å²) in [5.41, 5.74) is 1.63. The van der Waals surface area contributed by atoms with Crippen LogP contribution < -0.4 is 14.8 Å². The molecule has 2 N–H and O–H groups in total. The monoisotopic (exact) mass is 521 g/mol. The van der Waals surface area contributed by atoms with Gasteiger partial charge in [-0.2, -0.15) is 0 Å². The summed E-state index contributed by atoms with van der Waals surface area (Å²) in [7, 11) is 0. The molecule has 196 valence electrons. The highest BCUT2D eigenvalue weighted by atomic mass is 19.3. The van der Waals surface area contributed by atoms with Crippen molar-refractivity contribution in [3.63, 3.8) is 0 Å². The molecule has 3 atom stereocenters. The number of nitrogens with one attached hydrogen (secondary N) is 1. The number of aromatic carboxylic acids is 1. The third-order valence-electron chi connectivity index (χ3n) is 7.48. The first kappa shape index (κ1) is 24.4. The van der Waals surface area contributed by atoms with Crippen molar-refractivity contribution in [2.75, 3.05) is 0 Å². The largest absolute Gasteiger partial charge is 0.586 e. The Labute approximate surface area is 217 Å². The lowest BCUT2D eigenvalue weighted by molar-refractivity contribution is -0.286. The quantitative estimate of drug-likeness (QED) is 0.444. The van der Waals surface area contributed by atoms with E-state index < -0.39 is 23.8 Å². The van der Waals surface area contributed by atoms with Crippen LogP contribution in [0.2, 0.25) is 0 Å². The van der Waals surface area contributed by atoms with Crippen LogP contribution in [0.5, 0.6) is 11.5 Å². The fraction of sp³-hybridized carbons (Fsp3) is 0.310. The van der Waals surface area contributed by atoms with Crippen molar-refractivity contribution in [3.8, 4) is 11.5 Å². The van der Waals surface area contributed by atoms with Crippen LogP contribution in [-0.2, 0) is 14.9 Å². The van der Waals surface area contributed by atoms with E-state index in [0.29, 0.717) is 31.2 Å². The summed E-state index contributed by atoms with van der Waals surface area (Å²) < 4.78 is 42.5. The highest BCUT2D eigenvalue weighted by Gasteiger charge is 2.53. The lowest BCUT2D eigenvalue weighted by atomic mass is 9.89. The molecule has 38 heavy (non-hydrogen) atoms. The maximum Gasteiger partial charge on any atom is 0.586 e. The van der Waals surface area contributed by atoms with Crippen molar-refractivity contribution in [1.29, 1.82) is 0 Å². The Morgan fingerprint density at radius 3 is 2.24 bits per heavy atom. The molecule has 1 amide bonds. The van der Waals surface area contributed by atoms with Crippen LogP contribution in [-0.4, -0.2) is 29.3 Å². The second kappa shape index (κ2) is 9.09. The van der Waals surface area contributed by atoms with Crippen LogP contribution >= 0.6 is 0 Å². The number of amides is 1. The van der Waals surface area contributed by atoms with Gasteiger partial charge in [0.25, 0.3) is 0 Å². The molecule has 0 radical (unpaired) electrons. The number of hydrogen-bond acceptors (Lipinski definition) is 5. The molecule has 9 heteroatoms. The molecule has 0 bridgehead atoms. The zero-order chi connectivity index (χ0) is 26.5. The maximum atomic E-state index is 13.6. The smallest absolute Gasteiger partial charge is 0.478 e. The molecule has 6 rings (SSSR count). The standard InChI is InChI=1S/C29H25F2NO6/c30-29(31)37-22-10-9-20(14-25(22)38-29)28(11-12-28)27(35)32-21-15-23(17-5-2-1-3-6-17)36-24(16-21)18-7-4-8-19(13-18)26(33)34/h1-10,13-14,21,23-24H,11-12,15-16H2,(H,32,35)(H,33,34)/t21-,23-,24+/m1/s1. The minimum absolute atomic E-state index is 0.0588. The predicted molar refractivity (Wildman–Crippen MR) is 131 cm³/mol. The maximum absolute atomic E-state index is 13.6. The Balaban J connectivity index is 1.24. The molecule has 3 aromatic carbocycles.